The number of hydrogen-bond acceptors (Lipinski definition) is 5. The predicted octanol–water partition coefficient (Wildman–Crippen LogP) is 2.54. The number of benzene rings is 2. The van der Waals surface area contributed by atoms with Gasteiger partial charge in [-0.15, -0.1) is 0 Å². The Morgan fingerprint density at radius 1 is 1.17 bits per heavy atom. The number of nitrogens with zero attached hydrogens (tertiary/aromatic N) is 1. The number of amides is 1. The Balaban J connectivity index is 1.53. The summed E-state index contributed by atoms with van der Waals surface area (Å²) in [5.74, 6) is 1.12. The Morgan fingerprint density at radius 2 is 2.00 bits per heavy atom. The van der Waals surface area contributed by atoms with Gasteiger partial charge in [0.25, 0.3) is 0 Å². The van der Waals surface area contributed by atoms with Gasteiger partial charge >= 0.3 is 0 Å². The first-order valence-corrected chi connectivity index (χ1v) is 9.46. The van der Waals surface area contributed by atoms with Crippen molar-refractivity contribution < 1.29 is 14.3 Å². The number of carbonyl (C=O) groups is 1. The van der Waals surface area contributed by atoms with Gasteiger partial charge in [0.1, 0.15) is 11.5 Å². The van der Waals surface area contributed by atoms with Crippen molar-refractivity contribution in [3.8, 4) is 11.5 Å². The minimum absolute atomic E-state index is 0.0116. The number of aromatic nitrogens is 1. The largest absolute Gasteiger partial charge is 0.497 e. The van der Waals surface area contributed by atoms with Crippen LogP contribution in [0.3, 0.4) is 0 Å². The molecule has 2 aromatic carbocycles. The van der Waals surface area contributed by atoms with Crippen molar-refractivity contribution in [3.63, 3.8) is 0 Å². The third kappa shape index (κ3) is 3.82. The summed E-state index contributed by atoms with van der Waals surface area (Å²) in [7, 11) is 3.15. The Bertz CT molecular complexity index is 1120. The average molecular weight is 393 g/mol. The van der Waals surface area contributed by atoms with Crippen LogP contribution >= 0.6 is 0 Å². The van der Waals surface area contributed by atoms with E-state index in [0.717, 1.165) is 11.2 Å². The first kappa shape index (κ1) is 19.0. The van der Waals surface area contributed by atoms with E-state index in [9.17, 15) is 9.59 Å². The Morgan fingerprint density at radius 3 is 2.79 bits per heavy atom. The van der Waals surface area contributed by atoms with Gasteiger partial charge in [-0.3, -0.25) is 14.5 Å². The van der Waals surface area contributed by atoms with Crippen LogP contribution in [0, 0.1) is 0 Å². The number of carbonyl (C=O) groups excluding carboxylic acids is 1. The summed E-state index contributed by atoms with van der Waals surface area (Å²) in [6, 6.07) is 12.7. The molecule has 29 heavy (non-hydrogen) atoms. The predicted molar refractivity (Wildman–Crippen MR) is 112 cm³/mol. The topological polar surface area (TPSA) is 83.7 Å². The maximum absolute atomic E-state index is 13.0. The minimum Gasteiger partial charge on any atom is -0.497 e. The molecule has 0 aliphatic carbocycles. The van der Waals surface area contributed by atoms with Crippen LogP contribution in [0.2, 0.25) is 0 Å². The molecule has 3 aromatic rings. The van der Waals surface area contributed by atoms with Crippen molar-refractivity contribution in [1.29, 1.82) is 0 Å². The minimum atomic E-state index is -0.142. The lowest BCUT2D eigenvalue weighted by molar-refractivity contribution is -0.117. The number of hydrogen-bond donors (Lipinski definition) is 2. The Hall–Kier alpha value is -3.32. The maximum Gasteiger partial charge on any atom is 0.238 e. The zero-order valence-corrected chi connectivity index (χ0v) is 16.5. The molecule has 1 amide bonds. The number of nitrogens with one attached hydrogen (secondary N) is 2. The van der Waals surface area contributed by atoms with Gasteiger partial charge in [-0.1, -0.05) is 12.1 Å². The lowest BCUT2D eigenvalue weighted by atomic mass is 10.0. The van der Waals surface area contributed by atoms with Gasteiger partial charge < -0.3 is 19.8 Å². The van der Waals surface area contributed by atoms with E-state index in [2.05, 4.69) is 10.3 Å². The van der Waals surface area contributed by atoms with E-state index in [4.69, 9.17) is 9.47 Å². The molecule has 0 unspecified atom stereocenters. The molecule has 4 rings (SSSR count). The van der Waals surface area contributed by atoms with Crippen LogP contribution in [0.1, 0.15) is 11.3 Å². The van der Waals surface area contributed by atoms with Gasteiger partial charge in [-0.25, -0.2) is 0 Å². The van der Waals surface area contributed by atoms with E-state index in [0.29, 0.717) is 47.6 Å². The highest BCUT2D eigenvalue weighted by Gasteiger charge is 2.23. The fourth-order valence-corrected chi connectivity index (χ4v) is 3.71. The first-order chi connectivity index (χ1) is 14.1. The van der Waals surface area contributed by atoms with Crippen molar-refractivity contribution in [3.05, 3.63) is 63.9 Å². The van der Waals surface area contributed by atoms with E-state index in [-0.39, 0.29) is 17.9 Å². The summed E-state index contributed by atoms with van der Waals surface area (Å²) in [6.45, 7) is 1.33. The monoisotopic (exact) mass is 393 g/mol. The lowest BCUT2D eigenvalue weighted by Crippen LogP contribution is -2.39. The third-order valence-electron chi connectivity index (χ3n) is 5.20. The Labute approximate surface area is 168 Å². The third-order valence-corrected chi connectivity index (χ3v) is 5.20. The van der Waals surface area contributed by atoms with E-state index in [1.165, 1.54) is 0 Å². The molecule has 7 heteroatoms. The van der Waals surface area contributed by atoms with Crippen LogP contribution in [-0.4, -0.2) is 43.1 Å². The molecule has 2 N–H and O–H groups in total. The fraction of sp³-hybridized carbons (Fsp3) is 0.273. The Kier molecular flexibility index (Phi) is 5.22. The number of methoxy groups -OCH3 is 2. The molecule has 2 heterocycles. The number of ether oxygens (including phenoxy) is 2. The van der Waals surface area contributed by atoms with Gasteiger partial charge in [0.2, 0.25) is 5.91 Å². The number of anilines is 1. The molecule has 1 aliphatic heterocycles. The molecule has 0 saturated heterocycles. The summed E-state index contributed by atoms with van der Waals surface area (Å²) in [6.07, 6.45) is 0.689. The van der Waals surface area contributed by atoms with E-state index in [1.54, 1.807) is 32.4 Å². The van der Waals surface area contributed by atoms with E-state index < -0.39 is 0 Å². The molecule has 0 spiro atoms. The van der Waals surface area contributed by atoms with E-state index >= 15 is 0 Å². The summed E-state index contributed by atoms with van der Waals surface area (Å²) in [5, 5.41) is 3.48. The highest BCUT2D eigenvalue weighted by molar-refractivity contribution is 5.93. The quantitative estimate of drug-likeness (QED) is 0.696. The molecule has 0 atom stereocenters. The second kappa shape index (κ2) is 7.97. The van der Waals surface area contributed by atoms with Crippen LogP contribution in [0.25, 0.3) is 10.9 Å². The molecular weight excluding hydrogens is 370 g/mol. The van der Waals surface area contributed by atoms with Gasteiger partial charge in [0.05, 0.1) is 26.5 Å². The molecule has 1 aliphatic rings. The number of rotatable bonds is 5. The van der Waals surface area contributed by atoms with Crippen LogP contribution in [0.15, 0.2) is 47.3 Å². The number of aromatic amines is 1. The molecule has 7 nitrogen and oxygen atoms in total. The van der Waals surface area contributed by atoms with Crippen molar-refractivity contribution in [2.45, 2.75) is 13.0 Å². The SMILES string of the molecule is COc1ccc2[nH]c3c(c(=O)c2c1)CN(CC(=O)Nc1ccccc1OC)CC3. The van der Waals surface area contributed by atoms with Crippen LogP contribution in [-0.2, 0) is 17.8 Å². The van der Waals surface area contributed by atoms with Crippen LogP contribution in [0.5, 0.6) is 11.5 Å². The van der Waals surface area contributed by atoms with Gasteiger partial charge in [0.15, 0.2) is 5.43 Å². The number of pyridine rings is 1. The second-order valence-corrected chi connectivity index (χ2v) is 7.03. The number of fused-ring (bicyclic) bond motifs is 2. The average Bonchev–Trinajstić information content (AvgIpc) is 2.74. The first-order valence-electron chi connectivity index (χ1n) is 9.46. The molecule has 0 fully saturated rings. The van der Waals surface area contributed by atoms with Gasteiger partial charge in [-0.2, -0.15) is 0 Å². The van der Waals surface area contributed by atoms with Crippen molar-refractivity contribution in [2.75, 3.05) is 32.6 Å². The molecule has 150 valence electrons. The molecule has 0 bridgehead atoms. The van der Waals surface area contributed by atoms with Gasteiger partial charge in [0, 0.05) is 41.7 Å². The summed E-state index contributed by atoms with van der Waals surface area (Å²) in [5.41, 5.74) is 3.07. The fourth-order valence-electron chi connectivity index (χ4n) is 3.71. The molecule has 0 radical (unpaired) electrons. The normalized spacial score (nSPS) is 13.7. The van der Waals surface area contributed by atoms with Crippen LogP contribution < -0.4 is 20.2 Å². The van der Waals surface area contributed by atoms with Crippen molar-refractivity contribution in [2.24, 2.45) is 0 Å². The van der Waals surface area contributed by atoms with Crippen molar-refractivity contribution in [1.82, 2.24) is 9.88 Å². The number of para-hydroxylation sites is 2. The highest BCUT2D eigenvalue weighted by atomic mass is 16.5. The van der Waals surface area contributed by atoms with E-state index in [1.807, 2.05) is 29.2 Å². The molecule has 0 saturated carbocycles. The second-order valence-electron chi connectivity index (χ2n) is 7.03. The molecular formula is C22H23N3O4. The zero-order valence-electron chi connectivity index (χ0n) is 16.5. The number of H-pyrrole nitrogens is 1. The van der Waals surface area contributed by atoms with Crippen molar-refractivity contribution >= 4 is 22.5 Å². The smallest absolute Gasteiger partial charge is 0.238 e. The van der Waals surface area contributed by atoms with Crippen LogP contribution in [0.4, 0.5) is 5.69 Å². The summed E-state index contributed by atoms with van der Waals surface area (Å²) < 4.78 is 10.5. The summed E-state index contributed by atoms with van der Waals surface area (Å²) in [4.78, 5) is 30.9. The summed E-state index contributed by atoms with van der Waals surface area (Å²) >= 11 is 0. The highest BCUT2D eigenvalue weighted by Crippen LogP contribution is 2.24. The maximum atomic E-state index is 13.0. The standard InChI is InChI=1S/C22H23N3O4/c1-28-14-7-8-17-15(11-14)22(27)16-12-25(10-9-18(16)23-17)13-21(26)24-19-5-3-4-6-20(19)29-2/h3-8,11H,9-10,12-13H2,1-2H3,(H,23,27)(H,24,26). The molecule has 1 aromatic heterocycles. The lowest BCUT2D eigenvalue weighted by Gasteiger charge is -2.28. The zero-order chi connectivity index (χ0) is 20.4. The van der Waals surface area contributed by atoms with Gasteiger partial charge in [-0.05, 0) is 30.3 Å².